The third-order valence-electron chi connectivity index (χ3n) is 3.67. The van der Waals surface area contributed by atoms with E-state index in [-0.39, 0.29) is 5.16 Å². The first-order chi connectivity index (χ1) is 11.4. The number of carbonyl (C=O) groups is 1. The van der Waals surface area contributed by atoms with E-state index in [1.807, 2.05) is 18.2 Å². The van der Waals surface area contributed by atoms with Crippen molar-refractivity contribution in [2.75, 3.05) is 13.4 Å². The number of para-hydroxylation sites is 2. The number of nitrogens with zero attached hydrogens (tertiary/aromatic N) is 2. The van der Waals surface area contributed by atoms with Gasteiger partial charge in [0.2, 0.25) is 15.0 Å². The Labute approximate surface area is 139 Å². The zero-order chi connectivity index (χ0) is 17.3. The number of imidazole rings is 1. The monoisotopic (exact) mass is 344 g/mol. The molecule has 2 aromatic carbocycles. The normalized spacial score (nSPS) is 11.6. The van der Waals surface area contributed by atoms with Gasteiger partial charge in [0.25, 0.3) is 0 Å². The van der Waals surface area contributed by atoms with Crippen molar-refractivity contribution in [3.8, 4) is 0 Å². The zero-order valence-electron chi connectivity index (χ0n) is 13.3. The summed E-state index contributed by atoms with van der Waals surface area (Å²) in [7, 11) is -2.14. The van der Waals surface area contributed by atoms with Gasteiger partial charge in [0.15, 0.2) is 0 Å². The van der Waals surface area contributed by atoms with E-state index in [9.17, 15) is 13.2 Å². The van der Waals surface area contributed by atoms with Crippen LogP contribution in [0.25, 0.3) is 11.0 Å². The molecule has 6 nitrogen and oxygen atoms in total. The van der Waals surface area contributed by atoms with Gasteiger partial charge in [-0.3, -0.25) is 0 Å². The minimum absolute atomic E-state index is 0.0285. The molecule has 0 unspecified atom stereocenters. The number of benzene rings is 2. The molecule has 0 atom stereocenters. The number of rotatable bonds is 4. The van der Waals surface area contributed by atoms with Gasteiger partial charge in [-0.1, -0.05) is 24.3 Å². The van der Waals surface area contributed by atoms with Crippen molar-refractivity contribution in [1.82, 2.24) is 9.55 Å². The second kappa shape index (κ2) is 6.09. The molecule has 0 radical (unpaired) electrons. The Balaban J connectivity index is 2.05. The minimum Gasteiger partial charge on any atom is -0.465 e. The minimum atomic E-state index is -3.46. The quantitative estimate of drug-likeness (QED) is 0.679. The number of methoxy groups -OCH3 is 1. The van der Waals surface area contributed by atoms with Crippen molar-refractivity contribution in [2.24, 2.45) is 0 Å². The Morgan fingerprint density at radius 3 is 2.42 bits per heavy atom. The second-order valence-electron chi connectivity index (χ2n) is 5.43. The maximum atomic E-state index is 12.1. The number of esters is 1. The Morgan fingerprint density at radius 1 is 1.12 bits per heavy atom. The molecule has 3 rings (SSSR count). The van der Waals surface area contributed by atoms with Crippen molar-refractivity contribution < 1.29 is 17.9 Å². The van der Waals surface area contributed by atoms with Crippen LogP contribution in [0.2, 0.25) is 0 Å². The summed E-state index contributed by atoms with van der Waals surface area (Å²) in [5.74, 6) is -0.411. The number of aromatic nitrogens is 2. The molecule has 0 saturated carbocycles. The number of ether oxygens (including phenoxy) is 1. The summed E-state index contributed by atoms with van der Waals surface area (Å²) in [6.07, 6.45) is 1.14. The van der Waals surface area contributed by atoms with E-state index in [0.717, 1.165) is 17.3 Å². The van der Waals surface area contributed by atoms with E-state index in [4.69, 9.17) is 0 Å². The van der Waals surface area contributed by atoms with Gasteiger partial charge in [-0.15, -0.1) is 0 Å². The van der Waals surface area contributed by atoms with Crippen LogP contribution in [-0.4, -0.2) is 37.3 Å². The predicted octanol–water partition coefficient (Wildman–Crippen LogP) is 2.27. The molecule has 1 aromatic heterocycles. The molecule has 24 heavy (non-hydrogen) atoms. The van der Waals surface area contributed by atoms with Gasteiger partial charge in [-0.25, -0.2) is 18.2 Å². The third kappa shape index (κ3) is 3.03. The van der Waals surface area contributed by atoms with Crippen LogP contribution in [0.1, 0.15) is 15.9 Å². The average molecular weight is 344 g/mol. The maximum Gasteiger partial charge on any atom is 0.337 e. The summed E-state index contributed by atoms with van der Waals surface area (Å²) < 4.78 is 30.4. The smallest absolute Gasteiger partial charge is 0.337 e. The number of hydrogen-bond acceptors (Lipinski definition) is 5. The molecule has 124 valence electrons. The van der Waals surface area contributed by atoms with Crippen molar-refractivity contribution in [3.05, 3.63) is 59.7 Å². The highest BCUT2D eigenvalue weighted by molar-refractivity contribution is 7.90. The van der Waals surface area contributed by atoms with E-state index in [0.29, 0.717) is 17.6 Å². The Bertz CT molecular complexity index is 1000. The van der Waals surface area contributed by atoms with Gasteiger partial charge < -0.3 is 9.30 Å². The van der Waals surface area contributed by atoms with Crippen LogP contribution in [0.3, 0.4) is 0 Å². The average Bonchev–Trinajstić information content (AvgIpc) is 2.94. The second-order valence-corrected chi connectivity index (χ2v) is 7.34. The van der Waals surface area contributed by atoms with E-state index in [2.05, 4.69) is 9.72 Å². The zero-order valence-corrected chi connectivity index (χ0v) is 14.1. The Hall–Kier alpha value is -2.67. The molecular weight excluding hydrogens is 328 g/mol. The maximum absolute atomic E-state index is 12.1. The molecule has 0 fully saturated rings. The van der Waals surface area contributed by atoms with Gasteiger partial charge in [0.1, 0.15) is 0 Å². The van der Waals surface area contributed by atoms with E-state index < -0.39 is 15.8 Å². The summed E-state index contributed by atoms with van der Waals surface area (Å²) >= 11 is 0. The topological polar surface area (TPSA) is 78.3 Å². The molecule has 1 heterocycles. The van der Waals surface area contributed by atoms with Crippen molar-refractivity contribution >= 4 is 26.8 Å². The number of hydrogen-bond donors (Lipinski definition) is 0. The molecule has 7 heteroatoms. The highest BCUT2D eigenvalue weighted by Crippen LogP contribution is 2.21. The molecule has 3 aromatic rings. The SMILES string of the molecule is COC(=O)c1ccc(Cn2c(S(C)(=O)=O)nc3ccccc32)cc1. The van der Waals surface area contributed by atoms with Crippen molar-refractivity contribution in [3.63, 3.8) is 0 Å². The molecule has 0 bridgehead atoms. The Morgan fingerprint density at radius 2 is 1.79 bits per heavy atom. The number of fused-ring (bicyclic) bond motifs is 1. The summed E-state index contributed by atoms with van der Waals surface area (Å²) in [5, 5.41) is 0.0285. The summed E-state index contributed by atoms with van der Waals surface area (Å²) in [6.45, 7) is 0.338. The van der Waals surface area contributed by atoms with Crippen molar-refractivity contribution in [2.45, 2.75) is 11.7 Å². The van der Waals surface area contributed by atoms with Crippen LogP contribution in [0.5, 0.6) is 0 Å². The number of carbonyl (C=O) groups excluding carboxylic acids is 1. The molecule has 0 spiro atoms. The fourth-order valence-electron chi connectivity index (χ4n) is 2.54. The van der Waals surface area contributed by atoms with Crippen LogP contribution < -0.4 is 0 Å². The predicted molar refractivity (Wildman–Crippen MR) is 89.7 cm³/mol. The highest BCUT2D eigenvalue weighted by atomic mass is 32.2. The summed E-state index contributed by atoms with van der Waals surface area (Å²) in [6, 6.07) is 14.1. The van der Waals surface area contributed by atoms with Crippen molar-refractivity contribution in [1.29, 1.82) is 0 Å². The van der Waals surface area contributed by atoms with Crippen LogP contribution in [0.4, 0.5) is 0 Å². The lowest BCUT2D eigenvalue weighted by Crippen LogP contribution is -2.10. The molecule has 0 saturated heterocycles. The first kappa shape index (κ1) is 16.2. The standard InChI is InChI=1S/C17H16N2O4S/c1-23-16(20)13-9-7-12(8-10-13)11-19-15-6-4-3-5-14(15)18-17(19)24(2,21)22/h3-10H,11H2,1-2H3. The van der Waals surface area contributed by atoms with E-state index in [1.54, 1.807) is 34.9 Å². The lowest BCUT2D eigenvalue weighted by atomic mass is 10.1. The highest BCUT2D eigenvalue weighted by Gasteiger charge is 2.19. The summed E-state index contributed by atoms with van der Waals surface area (Å²) in [4.78, 5) is 15.7. The van der Waals surface area contributed by atoms with Gasteiger partial charge in [0, 0.05) is 6.26 Å². The molecule has 0 aliphatic rings. The first-order valence-electron chi connectivity index (χ1n) is 7.23. The largest absolute Gasteiger partial charge is 0.465 e. The van der Waals surface area contributed by atoms with Gasteiger partial charge in [0.05, 0.1) is 30.3 Å². The molecule has 0 aliphatic carbocycles. The summed E-state index contributed by atoms with van der Waals surface area (Å²) in [5.41, 5.74) is 2.68. The van der Waals surface area contributed by atoms with Crippen LogP contribution in [0, 0.1) is 0 Å². The van der Waals surface area contributed by atoms with E-state index in [1.165, 1.54) is 7.11 Å². The van der Waals surface area contributed by atoms with Gasteiger partial charge in [-0.05, 0) is 29.8 Å². The fraction of sp³-hybridized carbons (Fsp3) is 0.176. The molecule has 0 amide bonds. The third-order valence-corrected chi connectivity index (χ3v) is 4.64. The van der Waals surface area contributed by atoms with E-state index >= 15 is 0 Å². The van der Waals surface area contributed by atoms with Crippen LogP contribution in [0.15, 0.2) is 53.7 Å². The first-order valence-corrected chi connectivity index (χ1v) is 9.12. The van der Waals surface area contributed by atoms with Gasteiger partial charge >= 0.3 is 5.97 Å². The van der Waals surface area contributed by atoms with Gasteiger partial charge in [-0.2, -0.15) is 0 Å². The molecule has 0 N–H and O–H groups in total. The van der Waals surface area contributed by atoms with Crippen LogP contribution >= 0.6 is 0 Å². The van der Waals surface area contributed by atoms with Crippen LogP contribution in [-0.2, 0) is 21.1 Å². The lowest BCUT2D eigenvalue weighted by molar-refractivity contribution is 0.0600. The lowest BCUT2D eigenvalue weighted by Gasteiger charge is -2.09. The fourth-order valence-corrected chi connectivity index (χ4v) is 3.36. The number of sulfone groups is 1. The molecular formula is C17H16N2O4S. The molecule has 0 aliphatic heterocycles. The Kier molecular flexibility index (Phi) is 4.11.